The molecule has 1 amide bonds. The lowest BCUT2D eigenvalue weighted by atomic mass is 9.95. The van der Waals surface area contributed by atoms with Gasteiger partial charge in [-0.1, -0.05) is 12.0 Å². The predicted octanol–water partition coefficient (Wildman–Crippen LogP) is 1.37. The molecule has 3 nitrogen and oxygen atoms in total. The molecule has 0 spiro atoms. The summed E-state index contributed by atoms with van der Waals surface area (Å²) < 4.78 is 0. The average molecular weight is 219 g/mol. The van der Waals surface area contributed by atoms with E-state index in [1.54, 1.807) is 6.08 Å². The highest BCUT2D eigenvalue weighted by Crippen LogP contribution is 2.22. The number of hydrogen-bond acceptors (Lipinski definition) is 2. The summed E-state index contributed by atoms with van der Waals surface area (Å²) in [5, 5.41) is 2.74. The van der Waals surface area contributed by atoms with E-state index < -0.39 is 0 Å². The van der Waals surface area contributed by atoms with E-state index in [1.165, 1.54) is 24.8 Å². The number of amides is 1. The van der Waals surface area contributed by atoms with Crippen LogP contribution in [0.4, 0.5) is 0 Å². The lowest BCUT2D eigenvalue weighted by Gasteiger charge is -2.12. The molecule has 0 aromatic heterocycles. The Morgan fingerprint density at radius 3 is 2.57 bits per heavy atom. The van der Waals surface area contributed by atoms with Gasteiger partial charge >= 0.3 is 0 Å². The zero-order chi connectivity index (χ0) is 9.52. The molecule has 0 saturated heterocycles. The van der Waals surface area contributed by atoms with Crippen molar-refractivity contribution < 1.29 is 4.79 Å². The molecule has 1 aliphatic rings. The summed E-state index contributed by atoms with van der Waals surface area (Å²) in [6.45, 7) is 1.08. The average Bonchev–Trinajstić information content (AvgIpc) is 2.16. The van der Waals surface area contributed by atoms with E-state index in [0.29, 0.717) is 13.1 Å². The van der Waals surface area contributed by atoms with Gasteiger partial charge in [0, 0.05) is 19.2 Å². The van der Waals surface area contributed by atoms with Gasteiger partial charge in [-0.05, 0) is 25.7 Å². The van der Waals surface area contributed by atoms with Crippen LogP contribution in [0.3, 0.4) is 0 Å². The number of rotatable bonds is 3. The molecule has 3 N–H and O–H groups in total. The van der Waals surface area contributed by atoms with E-state index in [1.807, 2.05) is 0 Å². The van der Waals surface area contributed by atoms with Crippen LogP contribution in [0.2, 0.25) is 0 Å². The molecule has 0 unspecified atom stereocenters. The van der Waals surface area contributed by atoms with E-state index in [0.717, 1.165) is 12.8 Å². The molecule has 1 rings (SSSR count). The van der Waals surface area contributed by atoms with E-state index in [4.69, 9.17) is 5.73 Å². The molecule has 0 radical (unpaired) electrons. The van der Waals surface area contributed by atoms with Crippen molar-refractivity contribution >= 4 is 18.3 Å². The third kappa shape index (κ3) is 5.25. The molecule has 0 heterocycles. The Morgan fingerprint density at radius 1 is 1.36 bits per heavy atom. The Labute approximate surface area is 91.5 Å². The van der Waals surface area contributed by atoms with Crippen molar-refractivity contribution in [2.24, 2.45) is 5.73 Å². The summed E-state index contributed by atoms with van der Waals surface area (Å²) in [6, 6.07) is 0. The first-order valence-electron chi connectivity index (χ1n) is 5.00. The van der Waals surface area contributed by atoms with Crippen LogP contribution >= 0.6 is 12.4 Å². The second-order valence-corrected chi connectivity index (χ2v) is 3.44. The molecule has 0 aromatic carbocycles. The van der Waals surface area contributed by atoms with Gasteiger partial charge in [-0.3, -0.25) is 4.79 Å². The summed E-state index contributed by atoms with van der Waals surface area (Å²) in [6.07, 6.45) is 7.70. The van der Waals surface area contributed by atoms with Crippen molar-refractivity contribution in [1.29, 1.82) is 0 Å². The Hall–Kier alpha value is -0.540. The molecule has 14 heavy (non-hydrogen) atoms. The maximum Gasteiger partial charge on any atom is 0.243 e. The molecule has 0 aliphatic heterocycles. The largest absolute Gasteiger partial charge is 0.351 e. The van der Waals surface area contributed by atoms with Gasteiger partial charge < -0.3 is 11.1 Å². The maximum atomic E-state index is 11.2. The van der Waals surface area contributed by atoms with Crippen molar-refractivity contribution in [3.05, 3.63) is 11.6 Å². The molecule has 0 aromatic rings. The lowest BCUT2D eigenvalue weighted by Crippen LogP contribution is -2.27. The van der Waals surface area contributed by atoms with Gasteiger partial charge in [0.25, 0.3) is 0 Å². The van der Waals surface area contributed by atoms with Gasteiger partial charge in [0.15, 0.2) is 0 Å². The Bertz CT molecular complexity index is 196. The minimum Gasteiger partial charge on any atom is -0.351 e. The third-order valence-corrected chi connectivity index (χ3v) is 2.27. The van der Waals surface area contributed by atoms with Gasteiger partial charge in [-0.15, -0.1) is 12.4 Å². The normalized spacial score (nSPS) is 15.6. The van der Waals surface area contributed by atoms with Crippen LogP contribution in [-0.4, -0.2) is 19.0 Å². The van der Waals surface area contributed by atoms with Gasteiger partial charge in [0.05, 0.1) is 0 Å². The molecule has 1 saturated carbocycles. The monoisotopic (exact) mass is 218 g/mol. The summed E-state index contributed by atoms with van der Waals surface area (Å²) >= 11 is 0. The van der Waals surface area contributed by atoms with E-state index in [2.05, 4.69) is 5.32 Å². The molecule has 0 atom stereocenters. The summed E-state index contributed by atoms with van der Waals surface area (Å²) in [5.74, 6) is 0.0161. The first-order valence-corrected chi connectivity index (χ1v) is 5.00. The number of nitrogens with one attached hydrogen (secondary N) is 1. The number of allylic oxidation sites excluding steroid dienone is 1. The standard InChI is InChI=1S/C10H18N2O.ClH/c11-6-7-12-10(13)8-9-4-2-1-3-5-9;/h8H,1-7,11H2,(H,12,13);1H. The molecular weight excluding hydrogens is 200 g/mol. The maximum absolute atomic E-state index is 11.2. The van der Waals surface area contributed by atoms with Crippen LogP contribution in [0, 0.1) is 0 Å². The molecular formula is C10H19ClN2O. The third-order valence-electron chi connectivity index (χ3n) is 2.27. The zero-order valence-electron chi connectivity index (χ0n) is 8.42. The summed E-state index contributed by atoms with van der Waals surface area (Å²) in [4.78, 5) is 11.2. The number of halogens is 1. The van der Waals surface area contributed by atoms with Crippen LogP contribution in [0.25, 0.3) is 0 Å². The highest BCUT2D eigenvalue weighted by Gasteiger charge is 2.06. The van der Waals surface area contributed by atoms with Gasteiger partial charge in [0.1, 0.15) is 0 Å². The Balaban J connectivity index is 0.00000169. The number of nitrogens with two attached hydrogens (primary N) is 1. The Kier molecular flexibility index (Phi) is 7.52. The van der Waals surface area contributed by atoms with Crippen LogP contribution in [0.15, 0.2) is 11.6 Å². The second-order valence-electron chi connectivity index (χ2n) is 3.44. The van der Waals surface area contributed by atoms with Crippen molar-refractivity contribution in [2.75, 3.05) is 13.1 Å². The lowest BCUT2D eigenvalue weighted by molar-refractivity contribution is -0.116. The fraction of sp³-hybridized carbons (Fsp3) is 0.700. The molecule has 1 aliphatic carbocycles. The minimum absolute atomic E-state index is 0. The molecule has 4 heteroatoms. The topological polar surface area (TPSA) is 55.1 Å². The predicted molar refractivity (Wildman–Crippen MR) is 60.5 cm³/mol. The number of carbonyl (C=O) groups excluding carboxylic acids is 1. The summed E-state index contributed by atoms with van der Waals surface area (Å²) in [7, 11) is 0. The van der Waals surface area contributed by atoms with E-state index >= 15 is 0 Å². The zero-order valence-corrected chi connectivity index (χ0v) is 9.24. The fourth-order valence-electron chi connectivity index (χ4n) is 1.58. The minimum atomic E-state index is 0. The molecule has 1 fully saturated rings. The molecule has 0 bridgehead atoms. The first-order chi connectivity index (χ1) is 6.33. The first kappa shape index (κ1) is 13.5. The second kappa shape index (κ2) is 7.83. The van der Waals surface area contributed by atoms with E-state index in [9.17, 15) is 4.79 Å². The van der Waals surface area contributed by atoms with Crippen LogP contribution in [0.1, 0.15) is 32.1 Å². The van der Waals surface area contributed by atoms with Crippen molar-refractivity contribution in [2.45, 2.75) is 32.1 Å². The molecule has 82 valence electrons. The van der Waals surface area contributed by atoms with Crippen molar-refractivity contribution in [3.8, 4) is 0 Å². The van der Waals surface area contributed by atoms with E-state index in [-0.39, 0.29) is 18.3 Å². The quantitative estimate of drug-likeness (QED) is 0.704. The van der Waals surface area contributed by atoms with Crippen LogP contribution in [0.5, 0.6) is 0 Å². The van der Waals surface area contributed by atoms with Crippen LogP contribution in [-0.2, 0) is 4.79 Å². The fourth-order valence-corrected chi connectivity index (χ4v) is 1.58. The highest BCUT2D eigenvalue weighted by atomic mass is 35.5. The highest BCUT2D eigenvalue weighted by molar-refractivity contribution is 5.88. The Morgan fingerprint density at radius 2 is 2.00 bits per heavy atom. The number of hydrogen-bond donors (Lipinski definition) is 2. The van der Waals surface area contributed by atoms with Crippen LogP contribution < -0.4 is 11.1 Å². The number of carbonyl (C=O) groups is 1. The summed E-state index contributed by atoms with van der Waals surface area (Å²) in [5.41, 5.74) is 6.57. The SMILES string of the molecule is Cl.NCCNC(=O)C=C1CCCCC1. The van der Waals surface area contributed by atoms with Gasteiger partial charge in [-0.2, -0.15) is 0 Å². The van der Waals surface area contributed by atoms with Crippen molar-refractivity contribution in [3.63, 3.8) is 0 Å². The van der Waals surface area contributed by atoms with Gasteiger partial charge in [-0.25, -0.2) is 0 Å². The van der Waals surface area contributed by atoms with Crippen molar-refractivity contribution in [1.82, 2.24) is 5.32 Å². The van der Waals surface area contributed by atoms with Gasteiger partial charge in [0.2, 0.25) is 5.91 Å². The smallest absolute Gasteiger partial charge is 0.243 e.